The van der Waals surface area contributed by atoms with Gasteiger partial charge in [-0.25, -0.2) is 4.98 Å². The van der Waals surface area contributed by atoms with Crippen molar-refractivity contribution in [3.05, 3.63) is 78.1 Å². The third kappa shape index (κ3) is 3.27. The van der Waals surface area contributed by atoms with E-state index in [0.29, 0.717) is 5.56 Å². The Kier molecular flexibility index (Phi) is 4.56. The first-order valence-electron chi connectivity index (χ1n) is 7.51. The summed E-state index contributed by atoms with van der Waals surface area (Å²) in [6, 6.07) is 10.6. The predicted molar refractivity (Wildman–Crippen MR) is 89.7 cm³/mol. The van der Waals surface area contributed by atoms with Gasteiger partial charge in [0.05, 0.1) is 7.11 Å². The third-order valence-electron chi connectivity index (χ3n) is 3.78. The molecule has 0 aliphatic carbocycles. The lowest BCUT2D eigenvalue weighted by molar-refractivity contribution is 0.0941. The highest BCUT2D eigenvalue weighted by molar-refractivity contribution is 5.94. The molecule has 1 N–H and O–H groups in total. The largest absolute Gasteiger partial charge is 0.497 e. The Hall–Kier alpha value is -3.15. The SMILES string of the molecule is COc1ccc([C@H](NC(=O)c2ccncc2)c2nccn2C)cc1. The molecule has 0 saturated heterocycles. The Morgan fingerprint density at radius 3 is 2.42 bits per heavy atom. The number of carbonyl (C=O) groups is 1. The zero-order valence-corrected chi connectivity index (χ0v) is 13.5. The average Bonchev–Trinajstić information content (AvgIpc) is 3.06. The van der Waals surface area contributed by atoms with Crippen LogP contribution in [0.5, 0.6) is 5.75 Å². The maximum absolute atomic E-state index is 12.6. The van der Waals surface area contributed by atoms with Crippen molar-refractivity contribution in [1.82, 2.24) is 19.9 Å². The molecule has 2 aromatic heterocycles. The lowest BCUT2D eigenvalue weighted by Gasteiger charge is -2.19. The van der Waals surface area contributed by atoms with Gasteiger partial charge in [0.1, 0.15) is 17.6 Å². The molecule has 0 bridgehead atoms. The number of methoxy groups -OCH3 is 1. The summed E-state index contributed by atoms with van der Waals surface area (Å²) in [6.45, 7) is 0. The van der Waals surface area contributed by atoms with Crippen LogP contribution in [-0.2, 0) is 7.05 Å². The summed E-state index contributed by atoms with van der Waals surface area (Å²) in [6.07, 6.45) is 6.75. The molecular formula is C18H18N4O2. The van der Waals surface area contributed by atoms with Gasteiger partial charge in [0.25, 0.3) is 5.91 Å². The monoisotopic (exact) mass is 322 g/mol. The number of benzene rings is 1. The van der Waals surface area contributed by atoms with E-state index in [1.54, 1.807) is 37.8 Å². The van der Waals surface area contributed by atoms with Crippen LogP contribution in [0.2, 0.25) is 0 Å². The predicted octanol–water partition coefficient (Wildman–Crippen LogP) is 2.34. The Bertz CT molecular complexity index is 813. The van der Waals surface area contributed by atoms with Crippen LogP contribution in [0.15, 0.2) is 61.2 Å². The molecule has 24 heavy (non-hydrogen) atoms. The minimum atomic E-state index is -0.364. The summed E-state index contributed by atoms with van der Waals surface area (Å²) in [5.74, 6) is 1.33. The fourth-order valence-electron chi connectivity index (χ4n) is 2.47. The fourth-order valence-corrected chi connectivity index (χ4v) is 2.47. The minimum Gasteiger partial charge on any atom is -0.497 e. The molecule has 0 spiro atoms. The van der Waals surface area contributed by atoms with Crippen molar-refractivity contribution in [2.24, 2.45) is 7.05 Å². The standard InChI is InChI=1S/C18H18N4O2/c1-22-12-11-20-17(22)16(13-3-5-15(24-2)6-4-13)21-18(23)14-7-9-19-10-8-14/h3-12,16H,1-2H3,(H,21,23)/t16-/m0/s1. The van der Waals surface area contributed by atoms with Crippen LogP contribution in [0.4, 0.5) is 0 Å². The van der Waals surface area contributed by atoms with Gasteiger partial charge in [0.15, 0.2) is 0 Å². The second kappa shape index (κ2) is 6.95. The highest BCUT2D eigenvalue weighted by Crippen LogP contribution is 2.23. The summed E-state index contributed by atoms with van der Waals surface area (Å²) >= 11 is 0. The van der Waals surface area contributed by atoms with Crippen LogP contribution < -0.4 is 10.1 Å². The van der Waals surface area contributed by atoms with E-state index in [1.165, 1.54) is 0 Å². The van der Waals surface area contributed by atoms with Gasteiger partial charge in [-0.2, -0.15) is 0 Å². The number of carbonyl (C=O) groups excluding carboxylic acids is 1. The van der Waals surface area contributed by atoms with Crippen LogP contribution in [0.25, 0.3) is 0 Å². The highest BCUT2D eigenvalue weighted by atomic mass is 16.5. The molecule has 0 saturated carbocycles. The molecule has 6 nitrogen and oxygen atoms in total. The van der Waals surface area contributed by atoms with E-state index in [-0.39, 0.29) is 11.9 Å². The number of aromatic nitrogens is 3. The number of rotatable bonds is 5. The van der Waals surface area contributed by atoms with E-state index in [1.807, 2.05) is 42.1 Å². The third-order valence-corrected chi connectivity index (χ3v) is 3.78. The van der Waals surface area contributed by atoms with E-state index >= 15 is 0 Å². The molecule has 0 aliphatic rings. The first-order valence-corrected chi connectivity index (χ1v) is 7.51. The molecule has 0 unspecified atom stereocenters. The second-order valence-corrected chi connectivity index (χ2v) is 5.31. The molecule has 1 atom stereocenters. The Morgan fingerprint density at radius 1 is 1.12 bits per heavy atom. The molecule has 2 heterocycles. The number of hydrogen-bond acceptors (Lipinski definition) is 4. The Morgan fingerprint density at radius 2 is 1.83 bits per heavy atom. The molecular weight excluding hydrogens is 304 g/mol. The van der Waals surface area contributed by atoms with Crippen molar-refractivity contribution in [1.29, 1.82) is 0 Å². The quantitative estimate of drug-likeness (QED) is 0.783. The van der Waals surface area contributed by atoms with Crippen molar-refractivity contribution in [2.45, 2.75) is 6.04 Å². The lowest BCUT2D eigenvalue weighted by Crippen LogP contribution is -2.31. The van der Waals surface area contributed by atoms with Crippen molar-refractivity contribution >= 4 is 5.91 Å². The van der Waals surface area contributed by atoms with Gasteiger partial charge in [-0.1, -0.05) is 12.1 Å². The van der Waals surface area contributed by atoms with E-state index in [4.69, 9.17) is 4.74 Å². The number of amides is 1. The molecule has 3 rings (SSSR count). The van der Waals surface area contributed by atoms with Gasteiger partial charge in [-0.3, -0.25) is 9.78 Å². The van der Waals surface area contributed by atoms with Crippen molar-refractivity contribution < 1.29 is 9.53 Å². The molecule has 1 aromatic carbocycles. The Balaban J connectivity index is 1.93. The van der Waals surface area contributed by atoms with Crippen LogP contribution in [-0.4, -0.2) is 27.6 Å². The number of imidazole rings is 1. The van der Waals surface area contributed by atoms with Crippen molar-refractivity contribution in [3.8, 4) is 5.75 Å². The molecule has 0 radical (unpaired) electrons. The van der Waals surface area contributed by atoms with Crippen molar-refractivity contribution in [2.75, 3.05) is 7.11 Å². The van der Waals surface area contributed by atoms with Gasteiger partial charge in [0.2, 0.25) is 0 Å². The van der Waals surface area contributed by atoms with E-state index in [0.717, 1.165) is 17.1 Å². The van der Waals surface area contributed by atoms with Crippen molar-refractivity contribution in [3.63, 3.8) is 0 Å². The molecule has 6 heteroatoms. The fraction of sp³-hybridized carbons (Fsp3) is 0.167. The minimum absolute atomic E-state index is 0.179. The van der Waals surface area contributed by atoms with Gasteiger partial charge < -0.3 is 14.6 Å². The van der Waals surface area contributed by atoms with Gasteiger partial charge >= 0.3 is 0 Å². The summed E-state index contributed by atoms with van der Waals surface area (Å²) in [5, 5.41) is 3.04. The first kappa shape index (κ1) is 15.7. The zero-order valence-electron chi connectivity index (χ0n) is 13.5. The summed E-state index contributed by atoms with van der Waals surface area (Å²) < 4.78 is 7.09. The van der Waals surface area contributed by atoms with Gasteiger partial charge in [-0.15, -0.1) is 0 Å². The highest BCUT2D eigenvalue weighted by Gasteiger charge is 2.21. The topological polar surface area (TPSA) is 69.0 Å². The lowest BCUT2D eigenvalue weighted by atomic mass is 10.1. The van der Waals surface area contributed by atoms with Gasteiger partial charge in [-0.05, 0) is 29.8 Å². The number of nitrogens with one attached hydrogen (secondary N) is 1. The van der Waals surface area contributed by atoms with Crippen LogP contribution in [0.1, 0.15) is 27.8 Å². The summed E-state index contributed by atoms with van der Waals surface area (Å²) in [5.41, 5.74) is 1.48. The summed E-state index contributed by atoms with van der Waals surface area (Å²) in [4.78, 5) is 20.9. The number of pyridine rings is 1. The van der Waals surface area contributed by atoms with E-state index in [9.17, 15) is 4.79 Å². The van der Waals surface area contributed by atoms with E-state index < -0.39 is 0 Å². The normalized spacial score (nSPS) is 11.8. The van der Waals surface area contributed by atoms with E-state index in [2.05, 4.69) is 15.3 Å². The zero-order chi connectivity index (χ0) is 16.9. The number of nitrogens with zero attached hydrogens (tertiary/aromatic N) is 3. The molecule has 3 aromatic rings. The number of aryl methyl sites for hydroxylation is 1. The average molecular weight is 322 g/mol. The van der Waals surface area contributed by atoms with Crippen LogP contribution in [0, 0.1) is 0 Å². The number of hydrogen-bond donors (Lipinski definition) is 1. The molecule has 122 valence electrons. The molecule has 1 amide bonds. The second-order valence-electron chi connectivity index (χ2n) is 5.31. The molecule has 0 aliphatic heterocycles. The van der Waals surface area contributed by atoms with Crippen LogP contribution >= 0.6 is 0 Å². The summed E-state index contributed by atoms with van der Waals surface area (Å²) in [7, 11) is 3.52. The maximum Gasteiger partial charge on any atom is 0.252 e. The van der Waals surface area contributed by atoms with Gasteiger partial charge in [0, 0.05) is 37.4 Å². The number of ether oxygens (including phenoxy) is 1. The Labute approximate surface area is 140 Å². The maximum atomic E-state index is 12.6. The first-order chi connectivity index (χ1) is 11.7. The molecule has 0 fully saturated rings. The smallest absolute Gasteiger partial charge is 0.252 e. The van der Waals surface area contributed by atoms with Crippen LogP contribution in [0.3, 0.4) is 0 Å².